The quantitative estimate of drug-likeness (QED) is 0.689. The van der Waals surface area contributed by atoms with Crippen molar-refractivity contribution in [1.29, 1.82) is 0 Å². The molecule has 1 N–H and O–H groups in total. The second kappa shape index (κ2) is 3.92. The van der Waals surface area contributed by atoms with Crippen molar-refractivity contribution in [2.45, 2.75) is 0 Å². The van der Waals surface area contributed by atoms with Crippen LogP contribution in [0.25, 0.3) is 12.2 Å². The molecule has 15 heavy (non-hydrogen) atoms. The molecule has 1 aromatic rings. The molecule has 0 amide bonds. The fourth-order valence-electron chi connectivity index (χ4n) is 1.31. The summed E-state index contributed by atoms with van der Waals surface area (Å²) in [7, 11) is 0. The molecule has 0 saturated carbocycles. The maximum absolute atomic E-state index is 11.2. The van der Waals surface area contributed by atoms with Gasteiger partial charge in [-0.2, -0.15) is 0 Å². The van der Waals surface area contributed by atoms with Crippen molar-refractivity contribution >= 4 is 17.9 Å². The fourth-order valence-corrected chi connectivity index (χ4v) is 1.31. The summed E-state index contributed by atoms with van der Waals surface area (Å²) in [5.74, 6) is -0.0706. The van der Waals surface area contributed by atoms with Crippen LogP contribution in [-0.4, -0.2) is 10.8 Å². The number of aromatic amines is 1. The van der Waals surface area contributed by atoms with Crippen LogP contribution in [-0.2, 0) is 4.79 Å². The molecule has 0 bridgehead atoms. The lowest BCUT2D eigenvalue weighted by molar-refractivity contribution is -0.110. The Hall–Kier alpha value is -2.16. The van der Waals surface area contributed by atoms with E-state index in [9.17, 15) is 9.59 Å². The summed E-state index contributed by atoms with van der Waals surface area (Å²) < 4.78 is 0. The molecule has 3 heteroatoms. The van der Waals surface area contributed by atoms with E-state index >= 15 is 0 Å². The van der Waals surface area contributed by atoms with Gasteiger partial charge in [-0.15, -0.1) is 0 Å². The summed E-state index contributed by atoms with van der Waals surface area (Å²) in [4.78, 5) is 25.0. The monoisotopic (exact) mass is 199 g/mol. The zero-order valence-electron chi connectivity index (χ0n) is 7.94. The maximum Gasteiger partial charge on any atom is 0.248 e. The number of carbonyl (C=O) groups excluding carboxylic acids is 1. The number of hydrogen-bond acceptors (Lipinski definition) is 2. The molecular weight excluding hydrogens is 190 g/mol. The van der Waals surface area contributed by atoms with Gasteiger partial charge in [0.15, 0.2) is 5.78 Å². The average molecular weight is 199 g/mol. The fraction of sp³-hybridized carbons (Fsp3) is 0. The number of pyridine rings is 1. The highest BCUT2D eigenvalue weighted by molar-refractivity contribution is 6.02. The number of ketones is 1. The minimum atomic E-state index is -0.152. The zero-order valence-corrected chi connectivity index (χ0v) is 7.94. The van der Waals surface area contributed by atoms with E-state index in [1.54, 1.807) is 30.4 Å². The normalized spacial score (nSPS) is 20.7. The van der Waals surface area contributed by atoms with Crippen molar-refractivity contribution in [3.05, 3.63) is 58.0 Å². The number of hydrogen-bond donors (Lipinski definition) is 1. The second-order valence-corrected chi connectivity index (χ2v) is 3.15. The third kappa shape index (κ3) is 2.20. The van der Waals surface area contributed by atoms with Crippen LogP contribution in [0.15, 0.2) is 41.2 Å². The maximum atomic E-state index is 11.2. The molecule has 0 radical (unpaired) electrons. The van der Waals surface area contributed by atoms with E-state index in [2.05, 4.69) is 4.98 Å². The van der Waals surface area contributed by atoms with Crippen molar-refractivity contribution in [3.8, 4) is 0 Å². The predicted octanol–water partition coefficient (Wildman–Crippen LogP) is 1.54. The topological polar surface area (TPSA) is 49.9 Å². The molecule has 1 aliphatic rings. The first-order valence-corrected chi connectivity index (χ1v) is 4.56. The molecule has 0 atom stereocenters. The SMILES string of the molecule is O=C1/C=C\C=C\c2[nH]c(=O)ccc2/C=C/1. The van der Waals surface area contributed by atoms with Gasteiger partial charge in [0.25, 0.3) is 0 Å². The minimum Gasteiger partial charge on any atom is -0.322 e. The van der Waals surface area contributed by atoms with Gasteiger partial charge in [0.1, 0.15) is 0 Å². The van der Waals surface area contributed by atoms with E-state index in [-0.39, 0.29) is 11.3 Å². The van der Waals surface area contributed by atoms with Crippen molar-refractivity contribution in [1.82, 2.24) is 4.98 Å². The van der Waals surface area contributed by atoms with Gasteiger partial charge in [-0.1, -0.05) is 12.2 Å². The predicted molar refractivity (Wildman–Crippen MR) is 59.3 cm³/mol. The summed E-state index contributed by atoms with van der Waals surface area (Å²) in [5.41, 5.74) is 1.38. The average Bonchev–Trinajstić information content (AvgIpc) is 2.30. The van der Waals surface area contributed by atoms with Gasteiger partial charge >= 0.3 is 0 Å². The third-order valence-corrected chi connectivity index (χ3v) is 2.04. The number of allylic oxidation sites excluding steroid dienone is 4. The molecule has 0 aromatic carbocycles. The zero-order chi connectivity index (χ0) is 10.7. The number of aromatic nitrogens is 1. The summed E-state index contributed by atoms with van der Waals surface area (Å²) in [5, 5.41) is 0. The van der Waals surface area contributed by atoms with Gasteiger partial charge in [0.2, 0.25) is 5.56 Å². The van der Waals surface area contributed by atoms with Gasteiger partial charge in [-0.25, -0.2) is 0 Å². The van der Waals surface area contributed by atoms with Crippen LogP contribution in [0.3, 0.4) is 0 Å². The molecule has 0 saturated heterocycles. The molecule has 74 valence electrons. The van der Waals surface area contributed by atoms with Crippen molar-refractivity contribution in [2.75, 3.05) is 0 Å². The Morgan fingerprint density at radius 3 is 2.53 bits per heavy atom. The molecule has 3 nitrogen and oxygen atoms in total. The third-order valence-electron chi connectivity index (χ3n) is 2.04. The smallest absolute Gasteiger partial charge is 0.248 e. The highest BCUT2D eigenvalue weighted by Gasteiger charge is 1.98. The van der Waals surface area contributed by atoms with Gasteiger partial charge in [0, 0.05) is 11.8 Å². The first kappa shape index (κ1) is 9.40. The molecule has 1 heterocycles. The lowest BCUT2D eigenvalue weighted by Crippen LogP contribution is -2.05. The molecular formula is C12H9NO2. The Balaban J connectivity index is 2.59. The number of rotatable bonds is 0. The highest BCUT2D eigenvalue weighted by Crippen LogP contribution is 2.09. The first-order valence-electron chi connectivity index (χ1n) is 4.56. The minimum absolute atomic E-state index is 0.0706. The van der Waals surface area contributed by atoms with Crippen molar-refractivity contribution in [2.24, 2.45) is 0 Å². The van der Waals surface area contributed by atoms with E-state index in [4.69, 9.17) is 0 Å². The Morgan fingerprint density at radius 2 is 1.67 bits per heavy atom. The second-order valence-electron chi connectivity index (χ2n) is 3.15. The van der Waals surface area contributed by atoms with E-state index in [0.717, 1.165) is 5.56 Å². The van der Waals surface area contributed by atoms with Crippen LogP contribution in [0.2, 0.25) is 0 Å². The lowest BCUT2D eigenvalue weighted by atomic mass is 10.1. The standard InChI is InChI=1S/C12H9NO2/c14-10-3-1-2-4-11-9(5-7-10)6-8-12(15)13-11/h1-8H,(H,13,15)/b3-1-,4-2+,7-5+. The number of carbonyl (C=O) groups is 1. The molecule has 1 aromatic heterocycles. The van der Waals surface area contributed by atoms with Crippen LogP contribution >= 0.6 is 0 Å². The van der Waals surface area contributed by atoms with E-state index in [0.29, 0.717) is 5.69 Å². The van der Waals surface area contributed by atoms with Crippen molar-refractivity contribution < 1.29 is 4.79 Å². The summed E-state index contributed by atoms with van der Waals surface area (Å²) in [6.45, 7) is 0. The molecule has 0 aliphatic heterocycles. The highest BCUT2D eigenvalue weighted by atomic mass is 16.1. The largest absolute Gasteiger partial charge is 0.322 e. The molecule has 0 fully saturated rings. The Labute approximate surface area is 86.5 Å². The van der Waals surface area contributed by atoms with Gasteiger partial charge in [0.05, 0.1) is 0 Å². The molecule has 2 rings (SSSR count). The van der Waals surface area contributed by atoms with Gasteiger partial charge in [-0.05, 0) is 35.9 Å². The van der Waals surface area contributed by atoms with Crippen LogP contribution in [0, 0.1) is 0 Å². The lowest BCUT2D eigenvalue weighted by Gasteiger charge is -1.98. The Morgan fingerprint density at radius 1 is 0.867 bits per heavy atom. The van der Waals surface area contributed by atoms with E-state index in [1.807, 2.05) is 0 Å². The van der Waals surface area contributed by atoms with Crippen molar-refractivity contribution in [3.63, 3.8) is 0 Å². The van der Waals surface area contributed by atoms with Gasteiger partial charge < -0.3 is 4.98 Å². The van der Waals surface area contributed by atoms with E-state index < -0.39 is 0 Å². The summed E-state index contributed by atoms with van der Waals surface area (Å²) >= 11 is 0. The number of H-pyrrole nitrogens is 1. The summed E-state index contributed by atoms with van der Waals surface area (Å²) in [6.07, 6.45) is 9.76. The molecule has 0 unspecified atom stereocenters. The molecule has 1 aliphatic carbocycles. The number of nitrogens with one attached hydrogen (secondary N) is 1. The van der Waals surface area contributed by atoms with Crippen LogP contribution in [0.5, 0.6) is 0 Å². The Bertz CT molecular complexity index is 533. The van der Waals surface area contributed by atoms with Crippen LogP contribution < -0.4 is 5.56 Å². The Kier molecular flexibility index (Phi) is 2.46. The van der Waals surface area contributed by atoms with Crippen LogP contribution in [0.4, 0.5) is 0 Å². The molecule has 0 spiro atoms. The first-order chi connectivity index (χ1) is 7.25. The number of fused-ring (bicyclic) bond motifs is 1. The van der Waals surface area contributed by atoms with Gasteiger partial charge in [-0.3, -0.25) is 9.59 Å². The van der Waals surface area contributed by atoms with Crippen LogP contribution in [0.1, 0.15) is 11.3 Å². The summed E-state index contributed by atoms with van der Waals surface area (Å²) in [6, 6.07) is 3.13. The van der Waals surface area contributed by atoms with E-state index in [1.165, 1.54) is 18.2 Å².